The molecule has 23 heavy (non-hydrogen) atoms. The van der Waals surface area contributed by atoms with Crippen molar-refractivity contribution in [1.82, 2.24) is 9.80 Å². The summed E-state index contributed by atoms with van der Waals surface area (Å²) >= 11 is 1.65. The van der Waals surface area contributed by atoms with Crippen molar-refractivity contribution in [2.24, 2.45) is 0 Å². The third-order valence-corrected chi connectivity index (χ3v) is 5.37. The molecule has 1 atom stereocenters. The van der Waals surface area contributed by atoms with Crippen LogP contribution in [0, 0.1) is 0 Å². The summed E-state index contributed by atoms with van der Waals surface area (Å²) in [6, 6.07) is 1.79. The molecule has 1 aromatic heterocycles. The van der Waals surface area contributed by atoms with Gasteiger partial charge in [-0.3, -0.25) is 9.59 Å². The third kappa shape index (κ3) is 4.12. The lowest BCUT2D eigenvalue weighted by Crippen LogP contribution is -2.55. The number of aryl methyl sites for hydroxylation is 1. The van der Waals surface area contributed by atoms with Crippen LogP contribution in [0.15, 0.2) is 16.8 Å². The van der Waals surface area contributed by atoms with Crippen LogP contribution in [0.5, 0.6) is 0 Å². The Morgan fingerprint density at radius 1 is 1.22 bits per heavy atom. The second kappa shape index (κ2) is 7.93. The first-order valence-corrected chi connectivity index (χ1v) is 9.37. The van der Waals surface area contributed by atoms with Crippen molar-refractivity contribution < 1.29 is 14.3 Å². The molecule has 0 aliphatic carbocycles. The van der Waals surface area contributed by atoms with Crippen LogP contribution < -0.4 is 0 Å². The number of piperidine rings is 1. The van der Waals surface area contributed by atoms with Crippen molar-refractivity contribution in [3.63, 3.8) is 0 Å². The van der Waals surface area contributed by atoms with Crippen LogP contribution in [0.3, 0.4) is 0 Å². The van der Waals surface area contributed by atoms with Crippen molar-refractivity contribution in [1.29, 1.82) is 0 Å². The molecule has 3 heterocycles. The summed E-state index contributed by atoms with van der Waals surface area (Å²) in [4.78, 5) is 29.1. The molecule has 126 valence electrons. The summed E-state index contributed by atoms with van der Waals surface area (Å²) < 4.78 is 5.32. The largest absolute Gasteiger partial charge is 0.378 e. The van der Waals surface area contributed by atoms with E-state index in [1.54, 1.807) is 11.3 Å². The highest BCUT2D eigenvalue weighted by Crippen LogP contribution is 2.21. The summed E-state index contributed by atoms with van der Waals surface area (Å²) in [5.74, 6) is 0.222. The van der Waals surface area contributed by atoms with Gasteiger partial charge in [-0.25, -0.2) is 0 Å². The SMILES string of the molecule is O=C(C1CCCCN1C(=O)CCc1ccsc1)N1CCOCC1. The lowest BCUT2D eigenvalue weighted by Gasteiger charge is -2.38. The van der Waals surface area contributed by atoms with Crippen molar-refractivity contribution >= 4 is 23.2 Å². The highest BCUT2D eigenvalue weighted by Gasteiger charge is 2.34. The minimum Gasteiger partial charge on any atom is -0.378 e. The number of morpholine rings is 1. The van der Waals surface area contributed by atoms with Crippen molar-refractivity contribution in [2.45, 2.75) is 38.1 Å². The molecule has 0 bridgehead atoms. The van der Waals surface area contributed by atoms with Crippen LogP contribution in [0.25, 0.3) is 0 Å². The second-order valence-corrected chi connectivity index (χ2v) is 6.95. The third-order valence-electron chi connectivity index (χ3n) is 4.64. The van der Waals surface area contributed by atoms with E-state index >= 15 is 0 Å². The van der Waals surface area contributed by atoms with E-state index in [0.29, 0.717) is 39.3 Å². The van der Waals surface area contributed by atoms with Gasteiger partial charge in [0.15, 0.2) is 0 Å². The molecular formula is C17H24N2O3S. The quantitative estimate of drug-likeness (QED) is 0.844. The summed E-state index contributed by atoms with van der Waals surface area (Å²) in [6.45, 7) is 3.21. The predicted molar refractivity (Wildman–Crippen MR) is 89.4 cm³/mol. The number of hydrogen-bond donors (Lipinski definition) is 0. The highest BCUT2D eigenvalue weighted by molar-refractivity contribution is 7.07. The van der Waals surface area contributed by atoms with Gasteiger partial charge >= 0.3 is 0 Å². The van der Waals surface area contributed by atoms with Gasteiger partial charge in [0.1, 0.15) is 6.04 Å². The molecule has 0 spiro atoms. The molecule has 0 aromatic carbocycles. The number of nitrogens with zero attached hydrogens (tertiary/aromatic N) is 2. The molecule has 2 aliphatic rings. The van der Waals surface area contributed by atoms with E-state index in [2.05, 4.69) is 11.4 Å². The number of hydrogen-bond acceptors (Lipinski definition) is 4. The fourth-order valence-corrected chi connectivity index (χ4v) is 4.01. The zero-order valence-electron chi connectivity index (χ0n) is 13.4. The zero-order valence-corrected chi connectivity index (χ0v) is 14.2. The van der Waals surface area contributed by atoms with E-state index in [-0.39, 0.29) is 17.9 Å². The average Bonchev–Trinajstić information content (AvgIpc) is 3.13. The fraction of sp³-hybridized carbons (Fsp3) is 0.647. The molecule has 1 unspecified atom stereocenters. The molecule has 6 heteroatoms. The van der Waals surface area contributed by atoms with Gasteiger partial charge in [0.05, 0.1) is 13.2 Å². The van der Waals surface area contributed by atoms with Gasteiger partial charge in [-0.15, -0.1) is 0 Å². The topological polar surface area (TPSA) is 49.9 Å². The molecule has 2 saturated heterocycles. The molecule has 0 N–H and O–H groups in total. The number of ether oxygens (including phenoxy) is 1. The maximum atomic E-state index is 12.8. The van der Waals surface area contributed by atoms with E-state index in [1.807, 2.05) is 15.2 Å². The van der Waals surface area contributed by atoms with Crippen molar-refractivity contribution in [3.8, 4) is 0 Å². The lowest BCUT2D eigenvalue weighted by molar-refractivity contribution is -0.150. The predicted octanol–water partition coefficient (Wildman–Crippen LogP) is 1.92. The second-order valence-electron chi connectivity index (χ2n) is 6.17. The molecule has 2 aliphatic heterocycles. The Bertz CT molecular complexity index is 526. The van der Waals surface area contributed by atoms with Crippen LogP contribution in [0.2, 0.25) is 0 Å². The summed E-state index contributed by atoms with van der Waals surface area (Å²) in [5, 5.41) is 4.12. The Labute approximate surface area is 141 Å². The number of rotatable bonds is 4. The van der Waals surface area contributed by atoms with Gasteiger partial charge in [-0.05, 0) is 48.1 Å². The van der Waals surface area contributed by atoms with Crippen molar-refractivity contribution in [2.75, 3.05) is 32.8 Å². The smallest absolute Gasteiger partial charge is 0.245 e. The van der Waals surface area contributed by atoms with Crippen LogP contribution in [0.4, 0.5) is 0 Å². The van der Waals surface area contributed by atoms with Crippen LogP contribution in [-0.4, -0.2) is 60.5 Å². The fourth-order valence-electron chi connectivity index (χ4n) is 3.31. The molecule has 1 aromatic rings. The monoisotopic (exact) mass is 336 g/mol. The summed E-state index contributed by atoms with van der Waals surface area (Å²) in [6.07, 6.45) is 4.06. The molecular weight excluding hydrogens is 312 g/mol. The number of carbonyl (C=O) groups is 2. The maximum absolute atomic E-state index is 12.8. The lowest BCUT2D eigenvalue weighted by atomic mass is 9.99. The van der Waals surface area contributed by atoms with Gasteiger partial charge < -0.3 is 14.5 Å². The number of likely N-dealkylation sites (tertiary alicyclic amines) is 1. The Balaban J connectivity index is 1.60. The molecule has 0 radical (unpaired) electrons. The first-order valence-electron chi connectivity index (χ1n) is 8.43. The van der Waals surface area contributed by atoms with Crippen molar-refractivity contribution in [3.05, 3.63) is 22.4 Å². The van der Waals surface area contributed by atoms with Gasteiger partial charge in [0.2, 0.25) is 11.8 Å². The minimum absolute atomic E-state index is 0.108. The van der Waals surface area contributed by atoms with E-state index in [0.717, 1.165) is 25.7 Å². The Morgan fingerprint density at radius 3 is 2.78 bits per heavy atom. The average molecular weight is 336 g/mol. The first kappa shape index (κ1) is 16.5. The van der Waals surface area contributed by atoms with E-state index in [4.69, 9.17) is 4.74 Å². The highest BCUT2D eigenvalue weighted by atomic mass is 32.1. The molecule has 2 amide bonds. The summed E-state index contributed by atoms with van der Waals surface area (Å²) in [5.41, 5.74) is 1.21. The zero-order chi connectivity index (χ0) is 16.1. The van der Waals surface area contributed by atoms with Crippen LogP contribution in [-0.2, 0) is 20.7 Å². The van der Waals surface area contributed by atoms with Crippen LogP contribution in [0.1, 0.15) is 31.2 Å². The Kier molecular flexibility index (Phi) is 5.67. The first-order chi connectivity index (χ1) is 11.3. The molecule has 3 rings (SSSR count). The van der Waals surface area contributed by atoms with E-state index in [9.17, 15) is 9.59 Å². The van der Waals surface area contributed by atoms with Gasteiger partial charge in [-0.1, -0.05) is 0 Å². The Morgan fingerprint density at radius 2 is 2.04 bits per heavy atom. The van der Waals surface area contributed by atoms with Gasteiger partial charge in [0.25, 0.3) is 0 Å². The van der Waals surface area contributed by atoms with Gasteiger partial charge in [0, 0.05) is 26.1 Å². The normalized spacial score (nSPS) is 22.2. The maximum Gasteiger partial charge on any atom is 0.245 e. The Hall–Kier alpha value is -1.40. The van der Waals surface area contributed by atoms with Gasteiger partial charge in [-0.2, -0.15) is 11.3 Å². The minimum atomic E-state index is -0.267. The number of amides is 2. The number of thiophene rings is 1. The number of carbonyl (C=O) groups excluding carboxylic acids is 2. The molecule has 2 fully saturated rings. The molecule has 5 nitrogen and oxygen atoms in total. The van der Waals surface area contributed by atoms with Crippen LogP contribution >= 0.6 is 11.3 Å². The van der Waals surface area contributed by atoms with E-state index < -0.39 is 0 Å². The molecule has 0 saturated carbocycles. The standard InChI is InChI=1S/C17H24N2O3S/c20-16(5-4-14-6-12-23-13-14)19-7-2-1-3-15(19)17(21)18-8-10-22-11-9-18/h6,12-13,15H,1-5,7-11H2. The van der Waals surface area contributed by atoms with E-state index in [1.165, 1.54) is 5.56 Å². The summed E-state index contributed by atoms with van der Waals surface area (Å²) in [7, 11) is 0.